The molecule has 0 bridgehead atoms. The number of aliphatic hydroxyl groups excluding tert-OH is 2. The fourth-order valence-corrected chi connectivity index (χ4v) is 5.01. The Bertz CT molecular complexity index is 1190. The van der Waals surface area contributed by atoms with Crippen molar-refractivity contribution in [1.29, 1.82) is 0 Å². The van der Waals surface area contributed by atoms with Gasteiger partial charge >= 0.3 is 19.4 Å². The highest BCUT2D eigenvalue weighted by atomic mass is 31.2. The number of nitrogen functional groups attached to an aromatic ring is 1. The summed E-state index contributed by atoms with van der Waals surface area (Å²) in [5.74, 6) is -0.682. The van der Waals surface area contributed by atoms with Gasteiger partial charge in [-0.25, -0.2) is 14.4 Å². The van der Waals surface area contributed by atoms with Crippen LogP contribution in [0.2, 0.25) is 0 Å². The maximum absolute atomic E-state index is 13.6. The van der Waals surface area contributed by atoms with Gasteiger partial charge in [-0.2, -0.15) is 4.98 Å². The van der Waals surface area contributed by atoms with Crippen LogP contribution in [-0.4, -0.2) is 62.8 Å². The van der Waals surface area contributed by atoms with Crippen molar-refractivity contribution in [1.82, 2.24) is 14.6 Å². The summed E-state index contributed by atoms with van der Waals surface area (Å²) in [4.78, 5) is 28.1. The molecule has 13 nitrogen and oxygen atoms in total. The van der Waals surface area contributed by atoms with Gasteiger partial charge < -0.3 is 25.4 Å². The number of aryl methyl sites for hydroxylation is 1. The molecule has 6 atom stereocenters. The molecule has 3 rings (SSSR count). The van der Waals surface area contributed by atoms with E-state index in [4.69, 9.17) is 24.3 Å². The van der Waals surface area contributed by atoms with Crippen LogP contribution in [-0.2, 0) is 34.5 Å². The minimum atomic E-state index is -4.19. The first kappa shape index (κ1) is 28.9. The Morgan fingerprint density at radius 3 is 2.57 bits per heavy atom. The number of hydrogen-bond acceptors (Lipinski definition) is 11. The van der Waals surface area contributed by atoms with Gasteiger partial charge in [-0.3, -0.25) is 18.4 Å². The SMILES string of the molecule is Cc1ccccc1CO[P@@](=O)(N[C@@H](C)C(=O)OC(C)C)OCC1OC(n2ccc(N)nc2=O)C(O)C1O. The van der Waals surface area contributed by atoms with Gasteiger partial charge in [-0.15, -0.1) is 0 Å². The van der Waals surface area contributed by atoms with Gasteiger partial charge in [0.15, 0.2) is 6.23 Å². The van der Waals surface area contributed by atoms with E-state index in [0.717, 1.165) is 15.7 Å². The standard InChI is InChI=1S/C23H33N4O9P/c1-13(2)35-22(30)15(4)26-37(32,33-11-16-8-6-5-7-14(16)3)34-12-17-19(28)20(29)21(36-17)27-10-9-18(24)25-23(27)31/h5-10,13,15,17,19-21,28-29H,11-12H2,1-4H3,(H,26,32)(H2,24,25,31)/t15-,17?,19?,20?,21?,37-/m0/s1. The van der Waals surface area contributed by atoms with Crippen LogP contribution < -0.4 is 16.5 Å². The summed E-state index contributed by atoms with van der Waals surface area (Å²) < 4.78 is 36.6. The largest absolute Gasteiger partial charge is 0.462 e. The minimum Gasteiger partial charge on any atom is -0.462 e. The van der Waals surface area contributed by atoms with Crippen LogP contribution in [0.3, 0.4) is 0 Å². The topological polar surface area (TPSA) is 184 Å². The third-order valence-corrected chi connectivity index (χ3v) is 7.24. The molecule has 1 aromatic carbocycles. The number of esters is 1. The van der Waals surface area contributed by atoms with Gasteiger partial charge in [0.1, 0.15) is 30.2 Å². The summed E-state index contributed by atoms with van der Waals surface area (Å²) >= 11 is 0. The van der Waals surface area contributed by atoms with Crippen LogP contribution in [0.5, 0.6) is 0 Å². The number of ether oxygens (including phenoxy) is 2. The lowest BCUT2D eigenvalue weighted by molar-refractivity contribution is -0.149. The summed E-state index contributed by atoms with van der Waals surface area (Å²) in [6.07, 6.45) is -4.62. The molecule has 2 aromatic rings. The number of carbonyl (C=O) groups excluding carboxylic acids is 1. The first-order valence-corrected chi connectivity index (χ1v) is 13.2. The highest BCUT2D eigenvalue weighted by molar-refractivity contribution is 7.51. The molecular weight excluding hydrogens is 507 g/mol. The molecule has 37 heavy (non-hydrogen) atoms. The predicted molar refractivity (Wildman–Crippen MR) is 132 cm³/mol. The second kappa shape index (κ2) is 12.3. The maximum atomic E-state index is 13.6. The number of benzene rings is 1. The summed E-state index contributed by atoms with van der Waals surface area (Å²) in [5, 5.41) is 23.5. The molecule has 2 heterocycles. The molecule has 5 N–H and O–H groups in total. The second-order valence-corrected chi connectivity index (χ2v) is 10.7. The highest BCUT2D eigenvalue weighted by Crippen LogP contribution is 2.46. The quantitative estimate of drug-likeness (QED) is 0.235. The average Bonchev–Trinajstić information content (AvgIpc) is 3.10. The molecule has 1 aliphatic rings. The highest BCUT2D eigenvalue weighted by Gasteiger charge is 2.45. The monoisotopic (exact) mass is 540 g/mol. The number of aromatic nitrogens is 2. The predicted octanol–water partition coefficient (Wildman–Crippen LogP) is 1.02. The van der Waals surface area contributed by atoms with Crippen molar-refractivity contribution in [3.8, 4) is 0 Å². The smallest absolute Gasteiger partial charge is 0.406 e. The zero-order chi connectivity index (χ0) is 27.3. The molecule has 14 heteroatoms. The lowest BCUT2D eigenvalue weighted by atomic mass is 10.1. The van der Waals surface area contributed by atoms with E-state index in [2.05, 4.69) is 10.1 Å². The first-order valence-electron chi connectivity index (χ1n) is 11.7. The molecule has 0 radical (unpaired) electrons. The van der Waals surface area contributed by atoms with Crippen molar-refractivity contribution in [3.63, 3.8) is 0 Å². The van der Waals surface area contributed by atoms with Crippen molar-refractivity contribution in [2.75, 3.05) is 12.3 Å². The number of rotatable bonds is 11. The van der Waals surface area contributed by atoms with Gasteiger partial charge in [0, 0.05) is 6.20 Å². The zero-order valence-corrected chi connectivity index (χ0v) is 21.9. The molecule has 1 saturated heterocycles. The van der Waals surface area contributed by atoms with E-state index in [9.17, 15) is 24.4 Å². The first-order chi connectivity index (χ1) is 17.4. The van der Waals surface area contributed by atoms with E-state index in [1.807, 2.05) is 19.1 Å². The third kappa shape index (κ3) is 7.45. The number of aliphatic hydroxyl groups is 2. The fraction of sp³-hybridized carbons (Fsp3) is 0.522. The number of anilines is 1. The molecule has 1 aliphatic heterocycles. The molecule has 0 aliphatic carbocycles. The van der Waals surface area contributed by atoms with Crippen LogP contribution in [0.4, 0.5) is 5.82 Å². The molecule has 0 amide bonds. The van der Waals surface area contributed by atoms with E-state index in [1.54, 1.807) is 26.0 Å². The van der Waals surface area contributed by atoms with Crippen molar-refractivity contribution in [3.05, 3.63) is 58.1 Å². The normalized spacial score (nSPS) is 24.1. The molecule has 204 valence electrons. The van der Waals surface area contributed by atoms with Crippen molar-refractivity contribution < 1.29 is 38.1 Å². The Morgan fingerprint density at radius 2 is 1.92 bits per heavy atom. The van der Waals surface area contributed by atoms with Crippen LogP contribution in [0, 0.1) is 6.92 Å². The van der Waals surface area contributed by atoms with Crippen molar-refractivity contribution in [2.45, 2.75) is 71.0 Å². The second-order valence-electron chi connectivity index (χ2n) is 8.92. The average molecular weight is 541 g/mol. The third-order valence-electron chi connectivity index (χ3n) is 5.58. The summed E-state index contributed by atoms with van der Waals surface area (Å²) in [6, 6.07) is 7.57. The number of hydrogen-bond donors (Lipinski definition) is 4. The van der Waals surface area contributed by atoms with Crippen LogP contribution >= 0.6 is 7.75 Å². The van der Waals surface area contributed by atoms with Crippen LogP contribution in [0.15, 0.2) is 41.3 Å². The molecule has 4 unspecified atom stereocenters. The Balaban J connectivity index is 1.74. The van der Waals surface area contributed by atoms with E-state index in [0.29, 0.717) is 0 Å². The summed E-state index contributed by atoms with van der Waals surface area (Å²) in [7, 11) is -4.19. The summed E-state index contributed by atoms with van der Waals surface area (Å²) in [5.41, 5.74) is 6.35. The Labute approximate surface area is 214 Å². The number of nitrogens with one attached hydrogen (secondary N) is 1. The zero-order valence-electron chi connectivity index (χ0n) is 21.0. The number of nitrogens with two attached hydrogens (primary N) is 1. The summed E-state index contributed by atoms with van der Waals surface area (Å²) in [6.45, 7) is 6.05. The van der Waals surface area contributed by atoms with Gasteiger partial charge in [0.05, 0.1) is 19.3 Å². The van der Waals surface area contributed by atoms with Crippen LogP contribution in [0.25, 0.3) is 0 Å². The molecule has 1 aromatic heterocycles. The van der Waals surface area contributed by atoms with Gasteiger partial charge in [0.25, 0.3) is 0 Å². The maximum Gasteiger partial charge on any atom is 0.406 e. The van der Waals surface area contributed by atoms with E-state index >= 15 is 0 Å². The lowest BCUT2D eigenvalue weighted by Crippen LogP contribution is -2.37. The Morgan fingerprint density at radius 1 is 1.22 bits per heavy atom. The van der Waals surface area contributed by atoms with E-state index in [-0.39, 0.29) is 12.4 Å². The minimum absolute atomic E-state index is 0.0166. The number of nitrogens with zero attached hydrogens (tertiary/aromatic N) is 2. The lowest BCUT2D eigenvalue weighted by Gasteiger charge is -2.25. The van der Waals surface area contributed by atoms with Crippen molar-refractivity contribution >= 4 is 19.5 Å². The molecule has 0 saturated carbocycles. The number of carbonyl (C=O) groups is 1. The molecular formula is C23H33N4O9P. The Hall–Kier alpha value is -2.64. The van der Waals surface area contributed by atoms with Crippen LogP contribution in [0.1, 0.15) is 38.1 Å². The fourth-order valence-electron chi connectivity index (χ4n) is 3.55. The van der Waals surface area contributed by atoms with Gasteiger partial charge in [-0.05, 0) is 44.9 Å². The van der Waals surface area contributed by atoms with E-state index < -0.39 is 62.7 Å². The van der Waals surface area contributed by atoms with E-state index in [1.165, 1.54) is 19.2 Å². The molecule has 1 fully saturated rings. The van der Waals surface area contributed by atoms with Gasteiger partial charge in [0.2, 0.25) is 0 Å². The Kier molecular flexibility index (Phi) is 9.59. The molecule has 0 spiro atoms. The van der Waals surface area contributed by atoms with Crippen molar-refractivity contribution in [2.24, 2.45) is 0 Å². The van der Waals surface area contributed by atoms with Gasteiger partial charge in [-0.1, -0.05) is 24.3 Å².